The fourth-order valence-electron chi connectivity index (χ4n) is 5.10. The maximum Gasteiger partial charge on any atom is 0.382 e. The number of ketones is 1. The number of carbonyl (C=O) groups excluding carboxylic acids is 3. The van der Waals surface area contributed by atoms with Gasteiger partial charge in [0.05, 0.1) is 18.2 Å². The minimum absolute atomic E-state index is 0.0505. The molecule has 1 aromatic carbocycles. The average molecular weight is 402 g/mol. The molecule has 0 aromatic heterocycles. The van der Waals surface area contributed by atoms with Gasteiger partial charge in [-0.15, -0.1) is 0 Å². The summed E-state index contributed by atoms with van der Waals surface area (Å²) < 4.78 is -0.0505. The number of carbonyl (C=O) groups is 3. The third kappa shape index (κ3) is 4.20. The molecule has 0 N–H and O–H groups in total. The molecule has 4 nitrogen and oxygen atoms in total. The van der Waals surface area contributed by atoms with E-state index in [-0.39, 0.29) is 33.1 Å². The molecule has 3 rings (SSSR count). The molecule has 3 atom stereocenters. The molecule has 1 heterocycles. The lowest BCUT2D eigenvalue weighted by molar-refractivity contribution is -0.854. The second kappa shape index (κ2) is 9.27. The predicted molar refractivity (Wildman–Crippen MR) is 111 cm³/mol. The van der Waals surface area contributed by atoms with Gasteiger partial charge in [0.25, 0.3) is 5.78 Å². The Kier molecular flexibility index (Phi) is 7.00. The summed E-state index contributed by atoms with van der Waals surface area (Å²) in [4.78, 5) is 39.2. The number of hydrogen-bond donors (Lipinski definition) is 0. The highest BCUT2D eigenvalue weighted by atomic mass is 32.1. The van der Waals surface area contributed by atoms with Gasteiger partial charge in [-0.1, -0.05) is 62.9 Å². The molecule has 2 fully saturated rings. The van der Waals surface area contributed by atoms with E-state index >= 15 is 0 Å². The lowest BCUT2D eigenvalue weighted by Gasteiger charge is -2.38. The standard InChI is InChI=1S/C23H31NO3S/c1-2-3-14-24(22(26)21(25)18-12-8-5-9-13-18)16-19(15-20(24)23(27)28)17-10-6-4-7-11-17/h4,6-7,10-11,18-20H,2-3,5,8-9,12-16H2,1H3. The molecule has 2 aliphatic rings. The molecular formula is C23H31NO3S. The Labute approximate surface area is 173 Å². The number of benzene rings is 1. The fourth-order valence-corrected chi connectivity index (χ4v) is 5.40. The molecule has 1 aliphatic carbocycles. The van der Waals surface area contributed by atoms with E-state index in [0.29, 0.717) is 19.5 Å². The van der Waals surface area contributed by atoms with Crippen molar-refractivity contribution in [1.82, 2.24) is 0 Å². The van der Waals surface area contributed by atoms with Crippen LogP contribution in [0.4, 0.5) is 0 Å². The van der Waals surface area contributed by atoms with Crippen molar-refractivity contribution in [1.29, 1.82) is 0 Å². The van der Waals surface area contributed by atoms with Crippen LogP contribution >= 0.6 is 0 Å². The highest BCUT2D eigenvalue weighted by Gasteiger charge is 2.55. The first kappa shape index (κ1) is 21.1. The Hall–Kier alpha value is -1.59. The Balaban J connectivity index is 1.93. The number of nitrogens with zero attached hydrogens (tertiary/aromatic N) is 1. The first-order chi connectivity index (χ1) is 13.5. The number of amides is 1. The number of quaternary nitrogens is 1. The number of rotatable bonds is 7. The Bertz CT molecular complexity index is 714. The maximum absolute atomic E-state index is 13.6. The molecule has 28 heavy (non-hydrogen) atoms. The van der Waals surface area contributed by atoms with Gasteiger partial charge in [-0.25, -0.2) is 9.28 Å². The normalized spacial score (nSPS) is 28.2. The summed E-state index contributed by atoms with van der Waals surface area (Å²) in [6.07, 6.45) is 7.03. The van der Waals surface area contributed by atoms with Gasteiger partial charge < -0.3 is 17.4 Å². The molecule has 152 valence electrons. The zero-order valence-corrected chi connectivity index (χ0v) is 17.6. The first-order valence-electron chi connectivity index (χ1n) is 10.7. The van der Waals surface area contributed by atoms with E-state index in [1.807, 2.05) is 30.3 Å². The monoisotopic (exact) mass is 401 g/mol. The van der Waals surface area contributed by atoms with Crippen molar-refractivity contribution in [3.8, 4) is 0 Å². The van der Waals surface area contributed by atoms with Crippen molar-refractivity contribution in [2.45, 2.75) is 70.3 Å². The molecule has 1 amide bonds. The van der Waals surface area contributed by atoms with Crippen molar-refractivity contribution in [3.63, 3.8) is 0 Å². The molecule has 1 aliphatic heterocycles. The summed E-state index contributed by atoms with van der Waals surface area (Å²) >= 11 is 5.09. The summed E-state index contributed by atoms with van der Waals surface area (Å²) in [5, 5.41) is -0.376. The van der Waals surface area contributed by atoms with E-state index in [2.05, 4.69) is 6.92 Å². The summed E-state index contributed by atoms with van der Waals surface area (Å²) in [6.45, 7) is 3.11. The number of Topliss-reactive ketones (excluding diaryl/α,β-unsaturated/α-hetero) is 1. The van der Waals surface area contributed by atoms with Gasteiger partial charge in [-0.05, 0) is 24.8 Å². The van der Waals surface area contributed by atoms with E-state index in [4.69, 9.17) is 12.6 Å². The van der Waals surface area contributed by atoms with E-state index in [9.17, 15) is 14.4 Å². The van der Waals surface area contributed by atoms with E-state index < -0.39 is 6.04 Å². The highest BCUT2D eigenvalue weighted by Crippen LogP contribution is 2.40. The van der Waals surface area contributed by atoms with Gasteiger partial charge >= 0.3 is 5.91 Å². The van der Waals surface area contributed by atoms with Crippen molar-refractivity contribution < 1.29 is 18.9 Å². The number of unbranched alkanes of at least 4 members (excludes halogenated alkanes) is 1. The van der Waals surface area contributed by atoms with Crippen LogP contribution in [0.2, 0.25) is 0 Å². The first-order valence-corrected chi connectivity index (χ1v) is 11.1. The van der Waals surface area contributed by atoms with Gasteiger partial charge in [0.1, 0.15) is 6.04 Å². The summed E-state index contributed by atoms with van der Waals surface area (Å²) in [5.74, 6) is -0.708. The van der Waals surface area contributed by atoms with Crippen LogP contribution in [0, 0.1) is 5.92 Å². The quantitative estimate of drug-likeness (QED) is 0.395. The van der Waals surface area contributed by atoms with Crippen LogP contribution in [-0.2, 0) is 27.0 Å². The maximum atomic E-state index is 13.6. The Morgan fingerprint density at radius 3 is 2.36 bits per heavy atom. The molecule has 3 unspecified atom stereocenters. The van der Waals surface area contributed by atoms with Crippen molar-refractivity contribution in [2.24, 2.45) is 5.92 Å². The van der Waals surface area contributed by atoms with Crippen LogP contribution in [0.1, 0.15) is 69.8 Å². The van der Waals surface area contributed by atoms with Crippen LogP contribution < -0.4 is 0 Å². The van der Waals surface area contributed by atoms with Gasteiger partial charge in [-0.2, -0.15) is 0 Å². The Morgan fingerprint density at radius 1 is 1.07 bits per heavy atom. The van der Waals surface area contributed by atoms with Crippen molar-refractivity contribution >= 4 is 29.4 Å². The largest absolute Gasteiger partial charge is 0.736 e. The van der Waals surface area contributed by atoms with Gasteiger partial charge in [0, 0.05) is 18.3 Å². The molecular weight excluding hydrogens is 370 g/mol. The zero-order chi connectivity index (χ0) is 20.1. The van der Waals surface area contributed by atoms with Gasteiger partial charge in [0.2, 0.25) is 0 Å². The molecule has 1 saturated heterocycles. The second-order valence-electron chi connectivity index (χ2n) is 8.48. The van der Waals surface area contributed by atoms with Crippen molar-refractivity contribution in [2.75, 3.05) is 13.1 Å². The van der Waals surface area contributed by atoms with Crippen LogP contribution in [0.15, 0.2) is 30.3 Å². The lowest BCUT2D eigenvalue weighted by Crippen LogP contribution is -2.62. The predicted octanol–water partition coefficient (Wildman–Crippen LogP) is 3.91. The fraction of sp³-hybridized carbons (Fsp3) is 0.609. The molecule has 0 radical (unpaired) electrons. The van der Waals surface area contributed by atoms with Crippen molar-refractivity contribution in [3.05, 3.63) is 35.9 Å². The zero-order valence-electron chi connectivity index (χ0n) is 16.8. The smallest absolute Gasteiger partial charge is 0.382 e. The minimum Gasteiger partial charge on any atom is -0.736 e. The number of likely N-dealkylation sites (tertiary alicyclic amines) is 1. The Morgan fingerprint density at radius 2 is 1.75 bits per heavy atom. The van der Waals surface area contributed by atoms with E-state index in [1.54, 1.807) is 0 Å². The molecule has 1 saturated carbocycles. The molecule has 0 bridgehead atoms. The van der Waals surface area contributed by atoms with Gasteiger partial charge in [0.15, 0.2) is 0 Å². The lowest BCUT2D eigenvalue weighted by atomic mass is 9.85. The van der Waals surface area contributed by atoms with Gasteiger partial charge in [-0.3, -0.25) is 4.79 Å². The highest BCUT2D eigenvalue weighted by molar-refractivity contribution is 7.77. The summed E-state index contributed by atoms with van der Waals surface area (Å²) in [6, 6.07) is 9.44. The topological polar surface area (TPSA) is 51.2 Å². The molecule has 1 aromatic rings. The molecule has 5 heteroatoms. The number of hydrogen-bond acceptors (Lipinski definition) is 4. The summed E-state index contributed by atoms with van der Waals surface area (Å²) in [5.41, 5.74) is 1.12. The average Bonchev–Trinajstić information content (AvgIpc) is 3.13. The van der Waals surface area contributed by atoms with Crippen LogP contribution in [0.25, 0.3) is 0 Å². The van der Waals surface area contributed by atoms with E-state index in [0.717, 1.165) is 50.5 Å². The molecule has 0 spiro atoms. The minimum atomic E-state index is -0.577. The third-order valence-corrected chi connectivity index (χ3v) is 6.97. The summed E-state index contributed by atoms with van der Waals surface area (Å²) in [7, 11) is 0. The third-order valence-electron chi connectivity index (χ3n) is 6.70. The van der Waals surface area contributed by atoms with Crippen LogP contribution in [0.5, 0.6) is 0 Å². The van der Waals surface area contributed by atoms with Crippen LogP contribution in [-0.4, -0.2) is 40.4 Å². The van der Waals surface area contributed by atoms with E-state index in [1.165, 1.54) is 0 Å². The second-order valence-corrected chi connectivity index (χ2v) is 8.88. The SMILES string of the molecule is CCCC[N+]1(C(=O)C(=O)C2CCCCC2)CC(c2ccccc2)CC1C(=O)[S-]. The van der Waals surface area contributed by atoms with Crippen LogP contribution in [0.3, 0.4) is 0 Å².